The van der Waals surface area contributed by atoms with Crippen molar-refractivity contribution in [2.45, 2.75) is 39.3 Å². The molecule has 1 aliphatic rings. The number of hydrogen-bond donors (Lipinski definition) is 0. The minimum atomic E-state index is -0.118. The third-order valence-electron chi connectivity index (χ3n) is 4.73. The van der Waals surface area contributed by atoms with Crippen LogP contribution >= 0.6 is 0 Å². The normalized spacial score (nSPS) is 15.8. The van der Waals surface area contributed by atoms with E-state index in [1.807, 2.05) is 62.4 Å². The highest BCUT2D eigenvalue weighted by atomic mass is 16.2. The van der Waals surface area contributed by atoms with Gasteiger partial charge in [-0.05, 0) is 37.5 Å². The molecule has 2 aromatic rings. The van der Waals surface area contributed by atoms with Gasteiger partial charge >= 0.3 is 0 Å². The lowest BCUT2D eigenvalue weighted by molar-refractivity contribution is -0.135. The highest BCUT2D eigenvalue weighted by Gasteiger charge is 2.32. The maximum atomic E-state index is 12.8. The number of amides is 2. The van der Waals surface area contributed by atoms with Gasteiger partial charge in [0.1, 0.15) is 6.42 Å². The number of anilines is 1. The van der Waals surface area contributed by atoms with Gasteiger partial charge in [0.05, 0.1) is 0 Å². The molecule has 1 aliphatic heterocycles. The van der Waals surface area contributed by atoms with Crippen LogP contribution < -0.4 is 4.90 Å². The first-order valence-corrected chi connectivity index (χ1v) is 8.81. The van der Waals surface area contributed by atoms with Crippen molar-refractivity contribution >= 4 is 17.5 Å². The molecule has 1 unspecified atom stereocenters. The molecule has 130 valence electrons. The van der Waals surface area contributed by atoms with Gasteiger partial charge in [0.25, 0.3) is 0 Å². The molecule has 0 aliphatic carbocycles. The molecule has 3 rings (SSSR count). The van der Waals surface area contributed by atoms with Crippen LogP contribution in [0.5, 0.6) is 0 Å². The van der Waals surface area contributed by atoms with Crippen LogP contribution in [0, 0.1) is 0 Å². The van der Waals surface area contributed by atoms with E-state index >= 15 is 0 Å². The van der Waals surface area contributed by atoms with E-state index in [9.17, 15) is 9.59 Å². The molecular weight excluding hydrogens is 312 g/mol. The summed E-state index contributed by atoms with van der Waals surface area (Å²) in [5.74, 6) is -0.234. The first-order valence-electron chi connectivity index (χ1n) is 8.81. The SMILES string of the molecule is CCN(Cc1ccccc1)C(=O)CC(=O)N1c2ccccc2CC1C. The summed E-state index contributed by atoms with van der Waals surface area (Å²) >= 11 is 0. The summed E-state index contributed by atoms with van der Waals surface area (Å²) in [4.78, 5) is 28.9. The molecule has 0 aromatic heterocycles. The fourth-order valence-electron chi connectivity index (χ4n) is 3.45. The molecule has 1 atom stereocenters. The maximum absolute atomic E-state index is 12.8. The number of rotatable bonds is 5. The van der Waals surface area contributed by atoms with E-state index in [4.69, 9.17) is 0 Å². The van der Waals surface area contributed by atoms with Gasteiger partial charge in [0, 0.05) is 24.8 Å². The lowest BCUT2D eigenvalue weighted by atomic mass is 10.1. The Labute approximate surface area is 149 Å². The molecule has 4 nitrogen and oxygen atoms in total. The molecule has 0 N–H and O–H groups in total. The van der Waals surface area contributed by atoms with Crippen molar-refractivity contribution in [1.82, 2.24) is 4.90 Å². The zero-order valence-electron chi connectivity index (χ0n) is 14.8. The molecule has 0 radical (unpaired) electrons. The van der Waals surface area contributed by atoms with Crippen molar-refractivity contribution < 1.29 is 9.59 Å². The van der Waals surface area contributed by atoms with Crippen LogP contribution in [-0.2, 0) is 22.6 Å². The number of carbonyl (C=O) groups is 2. The van der Waals surface area contributed by atoms with Crippen LogP contribution in [0.3, 0.4) is 0 Å². The van der Waals surface area contributed by atoms with Crippen LogP contribution in [0.1, 0.15) is 31.4 Å². The number of hydrogen-bond acceptors (Lipinski definition) is 2. The third-order valence-corrected chi connectivity index (χ3v) is 4.73. The van der Waals surface area contributed by atoms with Crippen molar-refractivity contribution in [3.8, 4) is 0 Å². The van der Waals surface area contributed by atoms with Gasteiger partial charge < -0.3 is 9.80 Å². The zero-order valence-corrected chi connectivity index (χ0v) is 14.8. The van der Waals surface area contributed by atoms with E-state index in [-0.39, 0.29) is 24.3 Å². The predicted molar refractivity (Wildman–Crippen MR) is 99.2 cm³/mol. The number of nitrogens with zero attached hydrogens (tertiary/aromatic N) is 2. The van der Waals surface area contributed by atoms with Gasteiger partial charge in [0.2, 0.25) is 11.8 Å². The molecule has 0 fully saturated rings. The lowest BCUT2D eigenvalue weighted by Crippen LogP contribution is -2.40. The van der Waals surface area contributed by atoms with Gasteiger partial charge in [-0.25, -0.2) is 0 Å². The van der Waals surface area contributed by atoms with Crippen LogP contribution in [0.25, 0.3) is 0 Å². The van der Waals surface area contributed by atoms with E-state index in [1.54, 1.807) is 9.80 Å². The molecule has 1 heterocycles. The Morgan fingerprint density at radius 2 is 1.76 bits per heavy atom. The van der Waals surface area contributed by atoms with Gasteiger partial charge in [-0.2, -0.15) is 0 Å². The average molecular weight is 336 g/mol. The first-order chi connectivity index (χ1) is 12.1. The number of benzene rings is 2. The van der Waals surface area contributed by atoms with E-state index in [0.717, 1.165) is 17.7 Å². The number of para-hydroxylation sites is 1. The van der Waals surface area contributed by atoms with Crippen molar-refractivity contribution in [3.63, 3.8) is 0 Å². The van der Waals surface area contributed by atoms with Crippen molar-refractivity contribution in [3.05, 3.63) is 65.7 Å². The fraction of sp³-hybridized carbons (Fsp3) is 0.333. The smallest absolute Gasteiger partial charge is 0.236 e. The maximum Gasteiger partial charge on any atom is 0.236 e. The average Bonchev–Trinajstić information content (AvgIpc) is 2.96. The van der Waals surface area contributed by atoms with E-state index < -0.39 is 0 Å². The molecule has 0 saturated carbocycles. The van der Waals surface area contributed by atoms with Crippen molar-refractivity contribution in [1.29, 1.82) is 0 Å². The molecule has 2 amide bonds. The summed E-state index contributed by atoms with van der Waals surface area (Å²) in [6.07, 6.45) is 0.761. The highest BCUT2D eigenvalue weighted by molar-refractivity contribution is 6.06. The minimum Gasteiger partial charge on any atom is -0.338 e. The quantitative estimate of drug-likeness (QED) is 0.785. The van der Waals surface area contributed by atoms with Gasteiger partial charge in [-0.1, -0.05) is 48.5 Å². The van der Waals surface area contributed by atoms with Gasteiger partial charge in [-0.3, -0.25) is 9.59 Å². The molecule has 25 heavy (non-hydrogen) atoms. The molecular formula is C21H24N2O2. The molecule has 2 aromatic carbocycles. The Balaban J connectivity index is 1.68. The molecule has 0 bridgehead atoms. The predicted octanol–water partition coefficient (Wildman–Crippen LogP) is 3.40. The second-order valence-electron chi connectivity index (χ2n) is 6.52. The van der Waals surface area contributed by atoms with Crippen molar-refractivity contribution in [2.24, 2.45) is 0 Å². The number of carbonyl (C=O) groups excluding carboxylic acids is 2. The van der Waals surface area contributed by atoms with Crippen LogP contribution in [0.4, 0.5) is 5.69 Å². The standard InChI is InChI=1S/C21H24N2O2/c1-3-22(15-17-9-5-4-6-10-17)20(24)14-21(25)23-16(2)13-18-11-7-8-12-19(18)23/h4-12,16H,3,13-15H2,1-2H3. The minimum absolute atomic E-state index is 0.0840. The Morgan fingerprint density at radius 1 is 1.08 bits per heavy atom. The summed E-state index contributed by atoms with van der Waals surface area (Å²) in [7, 11) is 0. The Hall–Kier alpha value is -2.62. The molecule has 4 heteroatoms. The largest absolute Gasteiger partial charge is 0.338 e. The van der Waals surface area contributed by atoms with E-state index in [1.165, 1.54) is 5.56 Å². The monoisotopic (exact) mass is 336 g/mol. The van der Waals surface area contributed by atoms with Gasteiger partial charge in [-0.15, -0.1) is 0 Å². The fourth-order valence-corrected chi connectivity index (χ4v) is 3.45. The van der Waals surface area contributed by atoms with Gasteiger partial charge in [0.15, 0.2) is 0 Å². The Morgan fingerprint density at radius 3 is 2.48 bits per heavy atom. The topological polar surface area (TPSA) is 40.6 Å². The second kappa shape index (κ2) is 7.51. The Bertz CT molecular complexity index is 758. The molecule has 0 saturated heterocycles. The summed E-state index contributed by atoms with van der Waals surface area (Å²) in [6.45, 7) is 5.10. The Kier molecular flexibility index (Phi) is 5.17. The summed E-state index contributed by atoms with van der Waals surface area (Å²) in [5, 5.41) is 0. The van der Waals surface area contributed by atoms with Crippen LogP contribution in [0.15, 0.2) is 54.6 Å². The van der Waals surface area contributed by atoms with E-state index in [2.05, 4.69) is 6.07 Å². The summed E-state index contributed by atoms with van der Waals surface area (Å²) in [5.41, 5.74) is 3.19. The van der Waals surface area contributed by atoms with Crippen molar-refractivity contribution in [2.75, 3.05) is 11.4 Å². The first kappa shape index (κ1) is 17.2. The van der Waals surface area contributed by atoms with Crippen LogP contribution in [-0.4, -0.2) is 29.3 Å². The molecule has 0 spiro atoms. The highest BCUT2D eigenvalue weighted by Crippen LogP contribution is 2.32. The van der Waals surface area contributed by atoms with E-state index in [0.29, 0.717) is 13.1 Å². The zero-order chi connectivity index (χ0) is 17.8. The summed E-state index contributed by atoms with van der Waals surface area (Å²) < 4.78 is 0. The summed E-state index contributed by atoms with van der Waals surface area (Å²) in [6, 6.07) is 17.9. The lowest BCUT2D eigenvalue weighted by Gasteiger charge is -2.25. The third kappa shape index (κ3) is 3.73. The second-order valence-corrected chi connectivity index (χ2v) is 6.52. The number of fused-ring (bicyclic) bond motifs is 1. The van der Waals surface area contributed by atoms with Crippen LogP contribution in [0.2, 0.25) is 0 Å².